The molecule has 0 saturated carbocycles. The maximum absolute atomic E-state index is 14.2. The third-order valence-corrected chi connectivity index (χ3v) is 6.62. The summed E-state index contributed by atoms with van der Waals surface area (Å²) in [4.78, 5) is 3.48. The van der Waals surface area contributed by atoms with Crippen molar-refractivity contribution in [2.75, 3.05) is 23.4 Å². The lowest BCUT2D eigenvalue weighted by molar-refractivity contribution is 0.157. The molecule has 2 aromatic rings. The molecule has 0 bridgehead atoms. The van der Waals surface area contributed by atoms with Gasteiger partial charge in [0, 0.05) is 6.61 Å². The van der Waals surface area contributed by atoms with Gasteiger partial charge in [-0.1, -0.05) is 34.5 Å². The Morgan fingerprint density at radius 1 is 1.42 bits per heavy atom. The lowest BCUT2D eigenvalue weighted by Gasteiger charge is -2.21. The second kappa shape index (κ2) is 7.40. The van der Waals surface area contributed by atoms with Crippen molar-refractivity contribution in [3.8, 4) is 0 Å². The van der Waals surface area contributed by atoms with Crippen molar-refractivity contribution in [2.24, 2.45) is 0 Å². The first-order valence-corrected chi connectivity index (χ1v) is 9.67. The van der Waals surface area contributed by atoms with Crippen LogP contribution in [-0.4, -0.2) is 26.7 Å². The molecule has 24 heavy (non-hydrogen) atoms. The molecule has 0 fully saturated rings. The normalized spacial score (nSPS) is 11.7. The van der Waals surface area contributed by atoms with Gasteiger partial charge in [0.2, 0.25) is 5.13 Å². The number of benzene rings is 1. The van der Waals surface area contributed by atoms with E-state index < -0.39 is 20.7 Å². The van der Waals surface area contributed by atoms with E-state index in [1.54, 1.807) is 13.8 Å². The van der Waals surface area contributed by atoms with Gasteiger partial charge in [-0.05, 0) is 26.0 Å². The lowest BCUT2D eigenvalue weighted by Crippen LogP contribution is -2.34. The first kappa shape index (κ1) is 19.2. The molecule has 0 spiro atoms. The van der Waals surface area contributed by atoms with E-state index in [9.17, 15) is 12.8 Å². The standard InChI is InChI=1S/C13H14Cl2FN3O3S2/c1-3-22-6-19(13-18-7(2)12(15)23-13)24(20,21)11-4-8(14)10(17)5-9(11)16/h4-5H,3,6,17H2,1-2H3. The molecule has 1 aromatic heterocycles. The van der Waals surface area contributed by atoms with E-state index in [1.807, 2.05) is 0 Å². The van der Waals surface area contributed by atoms with Gasteiger partial charge in [-0.25, -0.2) is 22.1 Å². The van der Waals surface area contributed by atoms with Gasteiger partial charge in [-0.2, -0.15) is 0 Å². The highest BCUT2D eigenvalue weighted by Gasteiger charge is 2.31. The molecule has 0 aliphatic rings. The van der Waals surface area contributed by atoms with E-state index in [-0.39, 0.29) is 29.2 Å². The molecular formula is C13H14Cl2FN3O3S2. The number of nitrogen functional groups attached to an aromatic ring is 1. The summed E-state index contributed by atoms with van der Waals surface area (Å²) in [5, 5.41) is -0.00187. The number of hydrogen-bond acceptors (Lipinski definition) is 6. The largest absolute Gasteiger partial charge is 0.397 e. The summed E-state index contributed by atoms with van der Waals surface area (Å²) in [6.45, 7) is 3.25. The molecule has 11 heteroatoms. The number of hydrogen-bond donors (Lipinski definition) is 1. The summed E-state index contributed by atoms with van der Waals surface area (Å²) in [6.07, 6.45) is 0. The minimum atomic E-state index is -4.32. The molecule has 0 atom stereocenters. The summed E-state index contributed by atoms with van der Waals surface area (Å²) >= 11 is 12.7. The van der Waals surface area contributed by atoms with Crippen LogP contribution in [0.2, 0.25) is 9.36 Å². The fraction of sp³-hybridized carbons (Fsp3) is 0.308. The fourth-order valence-corrected chi connectivity index (χ4v) is 4.58. The molecule has 0 saturated heterocycles. The smallest absolute Gasteiger partial charge is 0.271 e. The molecule has 6 nitrogen and oxygen atoms in total. The fourth-order valence-electron chi connectivity index (χ4n) is 1.73. The van der Waals surface area contributed by atoms with Crippen LogP contribution in [0, 0.1) is 12.7 Å². The van der Waals surface area contributed by atoms with Crippen LogP contribution in [0.4, 0.5) is 15.2 Å². The maximum atomic E-state index is 14.2. The van der Waals surface area contributed by atoms with Crippen LogP contribution < -0.4 is 10.0 Å². The van der Waals surface area contributed by atoms with Gasteiger partial charge in [0.1, 0.15) is 21.8 Å². The molecule has 2 rings (SSSR count). The molecular weight excluding hydrogens is 400 g/mol. The van der Waals surface area contributed by atoms with Gasteiger partial charge in [0.25, 0.3) is 10.0 Å². The van der Waals surface area contributed by atoms with Crippen molar-refractivity contribution in [2.45, 2.75) is 18.7 Å². The summed E-state index contributed by atoms with van der Waals surface area (Å²) in [5.41, 5.74) is 5.90. The molecule has 0 aliphatic carbocycles. The van der Waals surface area contributed by atoms with E-state index in [1.165, 1.54) is 0 Å². The third kappa shape index (κ3) is 3.75. The quantitative estimate of drug-likeness (QED) is 0.576. The summed E-state index contributed by atoms with van der Waals surface area (Å²) < 4.78 is 46.3. The van der Waals surface area contributed by atoms with Crippen LogP contribution in [0.5, 0.6) is 0 Å². The lowest BCUT2D eigenvalue weighted by atomic mass is 10.3. The van der Waals surface area contributed by atoms with Gasteiger partial charge >= 0.3 is 0 Å². The molecule has 132 valence electrons. The number of anilines is 2. The highest BCUT2D eigenvalue weighted by atomic mass is 35.5. The van der Waals surface area contributed by atoms with Crippen LogP contribution in [0.3, 0.4) is 0 Å². The summed E-state index contributed by atoms with van der Waals surface area (Å²) in [7, 11) is -4.32. The van der Waals surface area contributed by atoms with E-state index in [4.69, 9.17) is 33.7 Å². The Balaban J connectivity index is 2.57. The highest BCUT2D eigenvalue weighted by molar-refractivity contribution is 7.93. The average molecular weight is 414 g/mol. The van der Waals surface area contributed by atoms with Gasteiger partial charge in [0.15, 0.2) is 0 Å². The van der Waals surface area contributed by atoms with Crippen LogP contribution >= 0.6 is 34.5 Å². The Kier molecular flexibility index (Phi) is 5.92. The monoisotopic (exact) mass is 413 g/mol. The number of nitrogens with zero attached hydrogens (tertiary/aromatic N) is 2. The molecule has 1 aromatic carbocycles. The minimum Gasteiger partial charge on any atom is -0.397 e. The number of rotatable bonds is 6. The van der Waals surface area contributed by atoms with Crippen molar-refractivity contribution < 1.29 is 17.5 Å². The number of thiazole rings is 1. The van der Waals surface area contributed by atoms with E-state index >= 15 is 0 Å². The predicted molar refractivity (Wildman–Crippen MR) is 93.8 cm³/mol. The number of halogens is 3. The molecule has 0 unspecified atom stereocenters. The first-order chi connectivity index (χ1) is 11.2. The topological polar surface area (TPSA) is 85.5 Å². The summed E-state index contributed by atoms with van der Waals surface area (Å²) in [6, 6.07) is 1.82. The Morgan fingerprint density at radius 3 is 2.62 bits per heavy atom. The second-order valence-electron chi connectivity index (χ2n) is 4.64. The Bertz CT molecular complexity index is 839. The molecule has 0 amide bonds. The summed E-state index contributed by atoms with van der Waals surface area (Å²) in [5.74, 6) is -1.02. The molecule has 0 radical (unpaired) electrons. The van der Waals surface area contributed by atoms with E-state index in [2.05, 4.69) is 4.98 Å². The highest BCUT2D eigenvalue weighted by Crippen LogP contribution is 2.35. The maximum Gasteiger partial charge on any atom is 0.271 e. The van der Waals surface area contributed by atoms with Crippen molar-refractivity contribution in [3.63, 3.8) is 0 Å². The van der Waals surface area contributed by atoms with Crippen molar-refractivity contribution in [3.05, 3.63) is 33.0 Å². The van der Waals surface area contributed by atoms with E-state index in [0.29, 0.717) is 10.0 Å². The Morgan fingerprint density at radius 2 is 2.08 bits per heavy atom. The van der Waals surface area contributed by atoms with Crippen molar-refractivity contribution in [1.29, 1.82) is 0 Å². The van der Waals surface area contributed by atoms with Gasteiger partial charge < -0.3 is 10.5 Å². The van der Waals surface area contributed by atoms with Crippen LogP contribution in [0.1, 0.15) is 12.6 Å². The predicted octanol–water partition coefficient (Wildman–Crippen LogP) is 3.67. The third-order valence-electron chi connectivity index (χ3n) is 2.97. The number of nitrogens with two attached hydrogens (primary N) is 1. The SMILES string of the molecule is CCOCN(c1nc(C)c(Cl)s1)S(=O)(=O)c1cc(Cl)c(N)cc1F. The second-order valence-corrected chi connectivity index (χ2v) is 8.45. The van der Waals surface area contributed by atoms with Gasteiger partial charge in [0.05, 0.1) is 16.4 Å². The Hall–Kier alpha value is -1.13. The average Bonchev–Trinajstić information content (AvgIpc) is 2.82. The van der Waals surface area contributed by atoms with Crippen LogP contribution in [-0.2, 0) is 14.8 Å². The van der Waals surface area contributed by atoms with Crippen LogP contribution in [0.15, 0.2) is 17.0 Å². The van der Waals surface area contributed by atoms with E-state index in [0.717, 1.165) is 27.8 Å². The van der Waals surface area contributed by atoms with Crippen molar-refractivity contribution >= 4 is 55.4 Å². The number of ether oxygens (including phenoxy) is 1. The zero-order valence-corrected chi connectivity index (χ0v) is 15.9. The molecule has 1 heterocycles. The number of sulfonamides is 1. The zero-order valence-electron chi connectivity index (χ0n) is 12.7. The van der Waals surface area contributed by atoms with Crippen molar-refractivity contribution in [1.82, 2.24) is 4.98 Å². The van der Waals surface area contributed by atoms with Gasteiger partial charge in [-0.15, -0.1) is 0 Å². The van der Waals surface area contributed by atoms with Gasteiger partial charge in [-0.3, -0.25) is 0 Å². The molecule has 2 N–H and O–H groups in total. The number of aryl methyl sites for hydroxylation is 1. The molecule has 0 aliphatic heterocycles. The minimum absolute atomic E-state index is 0.0578. The number of aromatic nitrogens is 1. The first-order valence-electron chi connectivity index (χ1n) is 6.66. The van der Waals surface area contributed by atoms with Crippen LogP contribution in [0.25, 0.3) is 0 Å². The zero-order chi connectivity index (χ0) is 18.1. The Labute approximate surface area is 153 Å².